The largest absolute Gasteiger partial charge is 0.396 e. The lowest BCUT2D eigenvalue weighted by molar-refractivity contribution is -0.130. The van der Waals surface area contributed by atoms with Gasteiger partial charge in [0.25, 0.3) is 0 Å². The van der Waals surface area contributed by atoms with Gasteiger partial charge >= 0.3 is 0 Å². The molecule has 0 radical (unpaired) electrons. The third-order valence-corrected chi connectivity index (χ3v) is 9.42. The van der Waals surface area contributed by atoms with Crippen molar-refractivity contribution in [1.82, 2.24) is 0 Å². The van der Waals surface area contributed by atoms with Crippen LogP contribution < -0.4 is 0 Å². The van der Waals surface area contributed by atoms with Gasteiger partial charge < -0.3 is 10.2 Å². The number of aliphatic hydroxyl groups excluding tert-OH is 2. The van der Waals surface area contributed by atoms with E-state index in [4.69, 9.17) is 0 Å². The summed E-state index contributed by atoms with van der Waals surface area (Å²) in [4.78, 5) is 0. The first-order valence-corrected chi connectivity index (χ1v) is 9.52. The molecule has 126 valence electrons. The summed E-state index contributed by atoms with van der Waals surface area (Å²) in [6, 6.07) is 0. The second-order valence-corrected chi connectivity index (χ2v) is 10.2. The molecular weight excluding hydrogens is 272 g/mol. The van der Waals surface area contributed by atoms with Crippen LogP contribution in [-0.2, 0) is 0 Å². The molecule has 0 bridgehead atoms. The maximum Gasteiger partial charge on any atom is 0.0599 e. The Labute approximate surface area is 135 Å². The Morgan fingerprint density at radius 3 is 2.41 bits per heavy atom. The van der Waals surface area contributed by atoms with Crippen LogP contribution in [0.15, 0.2) is 0 Å². The van der Waals surface area contributed by atoms with Crippen LogP contribution in [0.25, 0.3) is 0 Å². The molecule has 0 heterocycles. The predicted molar refractivity (Wildman–Crippen MR) is 88.3 cm³/mol. The van der Waals surface area contributed by atoms with Gasteiger partial charge in [0.1, 0.15) is 0 Å². The van der Waals surface area contributed by atoms with Gasteiger partial charge in [-0.05, 0) is 84.4 Å². The van der Waals surface area contributed by atoms with E-state index >= 15 is 0 Å². The van der Waals surface area contributed by atoms with Crippen molar-refractivity contribution in [2.75, 3.05) is 6.61 Å². The monoisotopic (exact) mass is 306 g/mol. The highest BCUT2D eigenvalue weighted by Crippen LogP contribution is 2.80. The zero-order valence-corrected chi connectivity index (χ0v) is 14.9. The molecule has 2 N–H and O–H groups in total. The summed E-state index contributed by atoms with van der Waals surface area (Å²) < 4.78 is 0. The van der Waals surface area contributed by atoms with E-state index < -0.39 is 0 Å². The summed E-state index contributed by atoms with van der Waals surface area (Å²) in [7, 11) is 0. The molecule has 22 heavy (non-hydrogen) atoms. The summed E-state index contributed by atoms with van der Waals surface area (Å²) in [5.74, 6) is 2.09. The van der Waals surface area contributed by atoms with Crippen LogP contribution in [0, 0.1) is 39.4 Å². The zero-order chi connectivity index (χ0) is 16.0. The lowest BCUT2D eigenvalue weighted by atomic mass is 9.50. The highest BCUT2D eigenvalue weighted by atomic mass is 16.3. The number of aliphatic hydroxyl groups is 2. The van der Waals surface area contributed by atoms with Crippen molar-refractivity contribution >= 4 is 0 Å². The second kappa shape index (κ2) is 4.30. The van der Waals surface area contributed by atoms with E-state index in [0.29, 0.717) is 29.3 Å². The smallest absolute Gasteiger partial charge is 0.0599 e. The molecule has 0 aliphatic heterocycles. The standard InChI is InChI=1S/C20H34O2/c1-13-5-6-15(22)19(4)8-7-14-16-17(2,11-20(13,14)19)9-10-18(16,3)12-21/h13-16,21-22H,5-12H2,1-4H3/t13-,14-,15-,16-,17+,18+,19-,20-/m0/s1. The molecule has 0 saturated heterocycles. The highest BCUT2D eigenvalue weighted by Gasteiger charge is 2.75. The Bertz CT molecular complexity index is 490. The van der Waals surface area contributed by atoms with E-state index in [1.165, 1.54) is 38.5 Å². The fraction of sp³-hybridized carbons (Fsp3) is 1.00. The van der Waals surface area contributed by atoms with Gasteiger partial charge in [-0.15, -0.1) is 0 Å². The molecule has 8 atom stereocenters. The van der Waals surface area contributed by atoms with E-state index in [2.05, 4.69) is 27.7 Å². The lowest BCUT2D eigenvalue weighted by Gasteiger charge is -2.56. The van der Waals surface area contributed by atoms with Crippen molar-refractivity contribution in [1.29, 1.82) is 0 Å². The van der Waals surface area contributed by atoms with E-state index in [0.717, 1.165) is 12.3 Å². The zero-order valence-electron chi connectivity index (χ0n) is 14.9. The van der Waals surface area contributed by atoms with Crippen LogP contribution >= 0.6 is 0 Å². The van der Waals surface area contributed by atoms with Gasteiger partial charge in [0.2, 0.25) is 0 Å². The number of hydrogen-bond donors (Lipinski definition) is 2. The number of fused-ring (bicyclic) bond motifs is 2. The van der Waals surface area contributed by atoms with Gasteiger partial charge in [-0.1, -0.05) is 27.7 Å². The van der Waals surface area contributed by atoms with Crippen LogP contribution in [0.5, 0.6) is 0 Å². The molecule has 4 rings (SSSR count). The molecule has 4 aliphatic carbocycles. The SMILES string of the molecule is C[C@H]1CC[C@H](O)[C@]2(C)CC[C@H]3[C@@H]4[C@@](C)(CO)CC[C@]4(C)C[C@]132. The average molecular weight is 306 g/mol. The van der Waals surface area contributed by atoms with E-state index in [1.807, 2.05) is 0 Å². The minimum absolute atomic E-state index is 0.107. The van der Waals surface area contributed by atoms with Gasteiger partial charge in [0.05, 0.1) is 6.10 Å². The first-order chi connectivity index (χ1) is 10.2. The minimum atomic E-state index is -0.114. The molecule has 4 aliphatic rings. The van der Waals surface area contributed by atoms with E-state index in [-0.39, 0.29) is 16.9 Å². The van der Waals surface area contributed by atoms with Crippen molar-refractivity contribution in [2.45, 2.75) is 78.7 Å². The normalized spacial score (nSPS) is 63.5. The fourth-order valence-electron chi connectivity index (χ4n) is 8.47. The summed E-state index contributed by atoms with van der Waals surface area (Å²) >= 11 is 0. The average Bonchev–Trinajstić information content (AvgIpc) is 3.01. The summed E-state index contributed by atoms with van der Waals surface area (Å²) in [6.07, 6.45) is 8.27. The lowest BCUT2D eigenvalue weighted by Crippen LogP contribution is -2.53. The van der Waals surface area contributed by atoms with Crippen LogP contribution in [0.3, 0.4) is 0 Å². The van der Waals surface area contributed by atoms with E-state index in [9.17, 15) is 10.2 Å². The minimum Gasteiger partial charge on any atom is -0.396 e. The van der Waals surface area contributed by atoms with Gasteiger partial charge in [-0.25, -0.2) is 0 Å². The molecule has 0 aromatic rings. The first-order valence-electron chi connectivity index (χ1n) is 9.52. The summed E-state index contributed by atoms with van der Waals surface area (Å²) in [6.45, 7) is 10.0. The summed E-state index contributed by atoms with van der Waals surface area (Å²) in [5.41, 5.74) is 0.922. The maximum atomic E-state index is 10.9. The Balaban J connectivity index is 1.85. The fourth-order valence-corrected chi connectivity index (χ4v) is 8.47. The van der Waals surface area contributed by atoms with Gasteiger partial charge in [-0.2, -0.15) is 0 Å². The highest BCUT2D eigenvalue weighted by molar-refractivity contribution is 5.23. The molecule has 2 heteroatoms. The van der Waals surface area contributed by atoms with Gasteiger partial charge in [0.15, 0.2) is 0 Å². The number of rotatable bonds is 1. The third-order valence-electron chi connectivity index (χ3n) is 9.42. The molecule has 0 aromatic carbocycles. The molecule has 2 nitrogen and oxygen atoms in total. The molecule has 4 saturated carbocycles. The Hall–Kier alpha value is -0.0800. The van der Waals surface area contributed by atoms with Crippen LogP contribution in [0.2, 0.25) is 0 Å². The van der Waals surface area contributed by atoms with Crippen LogP contribution in [-0.4, -0.2) is 22.9 Å². The van der Waals surface area contributed by atoms with Crippen LogP contribution in [0.4, 0.5) is 0 Å². The van der Waals surface area contributed by atoms with Gasteiger partial charge in [0, 0.05) is 6.61 Å². The Morgan fingerprint density at radius 1 is 1.00 bits per heavy atom. The van der Waals surface area contributed by atoms with Gasteiger partial charge in [-0.3, -0.25) is 0 Å². The molecule has 0 aromatic heterocycles. The van der Waals surface area contributed by atoms with E-state index in [1.54, 1.807) is 0 Å². The molecule has 4 fully saturated rings. The van der Waals surface area contributed by atoms with Crippen molar-refractivity contribution in [2.24, 2.45) is 39.4 Å². The van der Waals surface area contributed by atoms with Crippen molar-refractivity contribution < 1.29 is 10.2 Å². The molecule has 0 amide bonds. The quantitative estimate of drug-likeness (QED) is 0.769. The first kappa shape index (κ1) is 15.4. The molecule has 0 unspecified atom stereocenters. The van der Waals surface area contributed by atoms with Crippen molar-refractivity contribution in [3.05, 3.63) is 0 Å². The topological polar surface area (TPSA) is 40.5 Å². The second-order valence-electron chi connectivity index (χ2n) is 10.2. The van der Waals surface area contributed by atoms with Crippen molar-refractivity contribution in [3.63, 3.8) is 0 Å². The maximum absolute atomic E-state index is 10.9. The number of hydrogen-bond acceptors (Lipinski definition) is 2. The van der Waals surface area contributed by atoms with Crippen LogP contribution in [0.1, 0.15) is 72.6 Å². The Morgan fingerprint density at radius 2 is 1.73 bits per heavy atom. The van der Waals surface area contributed by atoms with Crippen molar-refractivity contribution in [3.8, 4) is 0 Å². The third kappa shape index (κ3) is 1.46. The summed E-state index contributed by atoms with van der Waals surface area (Å²) in [5, 5.41) is 21.0. The Kier molecular flexibility index (Phi) is 3.02. The molecular formula is C20H34O2. The molecule has 1 spiro atoms. The predicted octanol–water partition coefficient (Wildman–Crippen LogP) is 4.00.